The predicted molar refractivity (Wildman–Crippen MR) is 146 cm³/mol. The van der Waals surface area contributed by atoms with Crippen molar-refractivity contribution in [2.45, 2.75) is 38.9 Å². The van der Waals surface area contributed by atoms with E-state index in [1.807, 2.05) is 13.8 Å². The lowest BCUT2D eigenvalue weighted by atomic mass is 10.0. The second kappa shape index (κ2) is 12.0. The normalized spacial score (nSPS) is 13.4. The van der Waals surface area contributed by atoms with Crippen LogP contribution in [0.2, 0.25) is 0 Å². The molecule has 4 aromatic rings. The van der Waals surface area contributed by atoms with Crippen LogP contribution in [0, 0.1) is 5.82 Å². The molecule has 220 valence electrons. The molecule has 2 aromatic heterocycles. The van der Waals surface area contributed by atoms with Crippen LogP contribution in [0.25, 0.3) is 17.3 Å². The van der Waals surface area contributed by atoms with Crippen molar-refractivity contribution in [3.63, 3.8) is 0 Å². The Labute approximate surface area is 238 Å². The first-order valence-electron chi connectivity index (χ1n) is 13.2. The van der Waals surface area contributed by atoms with Crippen LogP contribution in [-0.2, 0) is 15.7 Å². The summed E-state index contributed by atoms with van der Waals surface area (Å²) >= 11 is 0. The number of imidazole rings is 1. The number of para-hydroxylation sites is 1. The smallest absolute Gasteiger partial charge is 0.417 e. The molecule has 0 spiro atoms. The number of esters is 1. The second-order valence-corrected chi connectivity index (χ2v) is 9.37. The Hall–Kier alpha value is -4.81. The minimum Gasteiger partial charge on any atom is -0.494 e. The van der Waals surface area contributed by atoms with Crippen molar-refractivity contribution in [3.8, 4) is 17.0 Å². The zero-order valence-electron chi connectivity index (χ0n) is 22.7. The van der Waals surface area contributed by atoms with Gasteiger partial charge in [0.2, 0.25) is 0 Å². The summed E-state index contributed by atoms with van der Waals surface area (Å²) < 4.78 is 74.1. The highest BCUT2D eigenvalue weighted by Gasteiger charge is 2.37. The maximum absolute atomic E-state index is 14.4. The highest BCUT2D eigenvalue weighted by molar-refractivity contribution is 5.80. The van der Waals surface area contributed by atoms with Gasteiger partial charge in [-0.15, -0.1) is 0 Å². The molecule has 2 aromatic carbocycles. The number of hydrazine groups is 1. The minimum atomic E-state index is -4.70. The number of carbonyl (C=O) groups excluding carboxylic acids is 1. The number of ether oxygens (including phenoxy) is 2. The van der Waals surface area contributed by atoms with Crippen LogP contribution in [0.15, 0.2) is 65.6 Å². The Morgan fingerprint density at radius 3 is 2.62 bits per heavy atom. The van der Waals surface area contributed by atoms with E-state index in [4.69, 9.17) is 14.0 Å². The first-order valence-corrected chi connectivity index (χ1v) is 13.2. The number of hydrogen-bond donors (Lipinski definition) is 1. The zero-order valence-corrected chi connectivity index (χ0v) is 22.7. The Balaban J connectivity index is 1.51. The van der Waals surface area contributed by atoms with Crippen molar-refractivity contribution in [1.29, 1.82) is 0 Å². The topological polar surface area (TPSA) is 94.7 Å². The summed E-state index contributed by atoms with van der Waals surface area (Å²) in [6, 6.07) is 9.74. The molecule has 0 amide bonds. The molecule has 0 saturated heterocycles. The number of nitrogens with zero attached hydrogens (tertiary/aromatic N) is 4. The molecule has 42 heavy (non-hydrogen) atoms. The van der Waals surface area contributed by atoms with Crippen molar-refractivity contribution in [3.05, 3.63) is 83.9 Å². The van der Waals surface area contributed by atoms with E-state index in [0.29, 0.717) is 24.4 Å². The lowest BCUT2D eigenvalue weighted by Gasteiger charge is -2.26. The van der Waals surface area contributed by atoms with Crippen molar-refractivity contribution in [2.24, 2.45) is 0 Å². The average molecular weight is 586 g/mol. The highest BCUT2D eigenvalue weighted by atomic mass is 19.4. The summed E-state index contributed by atoms with van der Waals surface area (Å²) in [5.74, 6) is -0.863. The van der Waals surface area contributed by atoms with Crippen LogP contribution in [0.3, 0.4) is 0 Å². The number of halogens is 4. The van der Waals surface area contributed by atoms with E-state index in [2.05, 4.69) is 15.6 Å². The molecule has 9 nitrogen and oxygen atoms in total. The first kappa shape index (κ1) is 28.7. The molecule has 1 aliphatic rings. The first-order chi connectivity index (χ1) is 20.2. The molecular formula is C29H27F4N5O4. The maximum Gasteiger partial charge on any atom is 0.417 e. The van der Waals surface area contributed by atoms with Gasteiger partial charge in [-0.25, -0.2) is 14.2 Å². The van der Waals surface area contributed by atoms with E-state index in [9.17, 15) is 22.4 Å². The van der Waals surface area contributed by atoms with Crippen LogP contribution in [0.4, 0.5) is 29.1 Å². The van der Waals surface area contributed by atoms with Gasteiger partial charge in [-0.3, -0.25) is 10.4 Å². The SMILES string of the molecule is CCCOC(=O)C(c1cc(-c2ccc(OCCC)cc2C(F)(F)F)no1)n1cnc2c1C=CN(c1ccccc1F)N2. The van der Waals surface area contributed by atoms with Gasteiger partial charge in [0.05, 0.1) is 36.5 Å². The molecule has 0 fully saturated rings. The van der Waals surface area contributed by atoms with Crippen LogP contribution >= 0.6 is 0 Å². The van der Waals surface area contributed by atoms with E-state index in [1.165, 1.54) is 40.2 Å². The molecule has 1 N–H and O–H groups in total. The average Bonchev–Trinajstić information content (AvgIpc) is 3.62. The number of nitrogens with one attached hydrogen (secondary N) is 1. The monoisotopic (exact) mass is 585 g/mol. The molecule has 0 bridgehead atoms. The third-order valence-corrected chi connectivity index (χ3v) is 6.34. The maximum atomic E-state index is 14.4. The predicted octanol–water partition coefficient (Wildman–Crippen LogP) is 6.85. The fraction of sp³-hybridized carbons (Fsp3) is 0.276. The zero-order chi connectivity index (χ0) is 29.9. The number of rotatable bonds is 10. The Morgan fingerprint density at radius 1 is 1.10 bits per heavy atom. The molecule has 13 heteroatoms. The number of fused-ring (bicyclic) bond motifs is 1. The van der Waals surface area contributed by atoms with Crippen LogP contribution in [-0.4, -0.2) is 33.9 Å². The summed E-state index contributed by atoms with van der Waals surface area (Å²) in [6.07, 6.45) is 0.992. The third-order valence-electron chi connectivity index (χ3n) is 6.34. The summed E-state index contributed by atoms with van der Waals surface area (Å²) in [7, 11) is 0. The molecule has 0 saturated carbocycles. The van der Waals surface area contributed by atoms with Gasteiger partial charge < -0.3 is 18.6 Å². The number of aromatic nitrogens is 3. The van der Waals surface area contributed by atoms with Gasteiger partial charge in [-0.2, -0.15) is 13.2 Å². The van der Waals surface area contributed by atoms with Gasteiger partial charge in [0.15, 0.2) is 17.6 Å². The third kappa shape index (κ3) is 5.80. The van der Waals surface area contributed by atoms with Crippen molar-refractivity contribution >= 4 is 23.6 Å². The quantitative estimate of drug-likeness (QED) is 0.160. The van der Waals surface area contributed by atoms with Crippen LogP contribution in [0.1, 0.15) is 49.7 Å². The minimum absolute atomic E-state index is 0.0596. The molecule has 3 heterocycles. The molecule has 1 unspecified atom stereocenters. The summed E-state index contributed by atoms with van der Waals surface area (Å²) in [4.78, 5) is 17.6. The molecule has 5 rings (SSSR count). The van der Waals surface area contributed by atoms with Crippen LogP contribution in [0.5, 0.6) is 5.75 Å². The Bertz CT molecular complexity index is 1600. The molecule has 0 radical (unpaired) electrons. The highest BCUT2D eigenvalue weighted by Crippen LogP contribution is 2.40. The molecule has 0 aliphatic carbocycles. The van der Waals surface area contributed by atoms with E-state index in [0.717, 1.165) is 6.07 Å². The van der Waals surface area contributed by atoms with Crippen molar-refractivity contribution in [1.82, 2.24) is 14.7 Å². The van der Waals surface area contributed by atoms with E-state index in [1.54, 1.807) is 30.5 Å². The Kier molecular flexibility index (Phi) is 8.18. The summed E-state index contributed by atoms with van der Waals surface area (Å²) in [5, 5.41) is 5.31. The number of alkyl halides is 3. The van der Waals surface area contributed by atoms with Crippen molar-refractivity contribution in [2.75, 3.05) is 23.6 Å². The lowest BCUT2D eigenvalue weighted by Crippen LogP contribution is -2.29. The largest absolute Gasteiger partial charge is 0.494 e. The second-order valence-electron chi connectivity index (χ2n) is 9.37. The van der Waals surface area contributed by atoms with Gasteiger partial charge >= 0.3 is 12.1 Å². The number of carbonyl (C=O) groups is 1. The number of anilines is 2. The molecular weight excluding hydrogens is 558 g/mol. The summed E-state index contributed by atoms with van der Waals surface area (Å²) in [5.41, 5.74) is 2.33. The lowest BCUT2D eigenvalue weighted by molar-refractivity contribution is -0.147. The van der Waals surface area contributed by atoms with E-state index < -0.39 is 29.6 Å². The Morgan fingerprint density at radius 2 is 1.88 bits per heavy atom. The fourth-order valence-electron chi connectivity index (χ4n) is 4.40. The van der Waals surface area contributed by atoms with Crippen LogP contribution < -0.4 is 15.2 Å². The molecule has 1 aliphatic heterocycles. The van der Waals surface area contributed by atoms with Gasteiger partial charge in [-0.05, 0) is 49.2 Å². The van der Waals surface area contributed by atoms with Gasteiger partial charge in [0.1, 0.15) is 17.3 Å². The van der Waals surface area contributed by atoms with E-state index >= 15 is 0 Å². The number of benzene rings is 2. The van der Waals surface area contributed by atoms with Gasteiger partial charge in [0.25, 0.3) is 0 Å². The van der Waals surface area contributed by atoms with Gasteiger partial charge in [0, 0.05) is 17.8 Å². The summed E-state index contributed by atoms with van der Waals surface area (Å²) in [6.45, 7) is 4.05. The number of hydrogen-bond acceptors (Lipinski definition) is 8. The standard InChI is InChI=1S/C29H27F4N5O4/c1-3-13-40-18-9-10-19(20(15-18)29(31,32)33)22-16-25(42-36-22)26(28(39)41-14-4-2)37-17-34-27-24(37)11-12-38(35-27)23-8-6-5-7-21(23)30/h5-12,15-17,26,35H,3-4,13-14H2,1-2H3. The van der Waals surface area contributed by atoms with E-state index in [-0.39, 0.29) is 41.7 Å². The molecule has 1 atom stereocenters. The fourth-order valence-corrected chi connectivity index (χ4v) is 4.40. The van der Waals surface area contributed by atoms with Gasteiger partial charge in [-0.1, -0.05) is 31.1 Å². The van der Waals surface area contributed by atoms with Crippen molar-refractivity contribution < 1.29 is 36.4 Å².